The molecule has 0 spiro atoms. The third-order valence-electron chi connectivity index (χ3n) is 3.40. The van der Waals surface area contributed by atoms with E-state index in [-0.39, 0.29) is 22.3 Å². The molecule has 140 valence electrons. The Labute approximate surface area is 151 Å². The summed E-state index contributed by atoms with van der Waals surface area (Å²) in [5, 5.41) is 0. The molecule has 0 saturated carbocycles. The van der Waals surface area contributed by atoms with Crippen LogP contribution in [0.2, 0.25) is 0 Å². The fraction of sp³-hybridized carbons (Fsp3) is 0.111. The van der Waals surface area contributed by atoms with Gasteiger partial charge in [0.05, 0.1) is 36.5 Å². The average molecular weight is 378 g/mol. The van der Waals surface area contributed by atoms with Crippen LogP contribution in [-0.2, 0) is 14.2 Å². The van der Waals surface area contributed by atoms with Crippen molar-refractivity contribution in [2.24, 2.45) is 0 Å². The molecule has 1 heterocycles. The van der Waals surface area contributed by atoms with Gasteiger partial charge in [0.15, 0.2) is 0 Å². The Morgan fingerprint density at radius 1 is 0.778 bits per heavy atom. The second-order valence-electron chi connectivity index (χ2n) is 5.04. The van der Waals surface area contributed by atoms with Crippen LogP contribution >= 0.6 is 0 Å². The van der Waals surface area contributed by atoms with Gasteiger partial charge < -0.3 is 14.2 Å². The molecule has 0 amide bonds. The second kappa shape index (κ2) is 8.17. The number of benzene rings is 2. The van der Waals surface area contributed by atoms with Gasteiger partial charge in [0.25, 0.3) is 0 Å². The van der Waals surface area contributed by atoms with Crippen molar-refractivity contribution in [2.45, 2.75) is 0 Å². The van der Waals surface area contributed by atoms with Crippen molar-refractivity contribution in [3.05, 3.63) is 70.3 Å². The van der Waals surface area contributed by atoms with Crippen LogP contribution in [0.1, 0.15) is 41.4 Å². The molecular weight excluding hydrogens is 366 g/mol. The number of carbonyl (C=O) groups excluding carboxylic acids is 4. The van der Waals surface area contributed by atoms with E-state index in [1.807, 2.05) is 0 Å². The molecule has 3 rings (SSSR count). The summed E-state index contributed by atoms with van der Waals surface area (Å²) in [6, 6.07) is 6.50. The maximum atomic E-state index is 12.9. The summed E-state index contributed by atoms with van der Waals surface area (Å²) in [6.07, 6.45) is 0. The number of ether oxygens (including phenoxy) is 3. The predicted molar refractivity (Wildman–Crippen MR) is 85.2 cm³/mol. The largest absolute Gasteiger partial charge is 0.465 e. The Balaban J connectivity index is 0.000000198. The Morgan fingerprint density at radius 2 is 1.30 bits per heavy atom. The van der Waals surface area contributed by atoms with Crippen LogP contribution in [0.4, 0.5) is 8.78 Å². The minimum absolute atomic E-state index is 0.000000000000000444. The lowest BCUT2D eigenvalue weighted by molar-refractivity contribution is 0.0442. The number of halogens is 2. The highest BCUT2D eigenvalue weighted by Gasteiger charge is 2.29. The number of carbonyl (C=O) groups is 4. The van der Waals surface area contributed by atoms with Gasteiger partial charge in [-0.2, -0.15) is 0 Å². The normalized spacial score (nSPS) is 11.7. The average Bonchev–Trinajstić information content (AvgIpc) is 2.94. The summed E-state index contributed by atoms with van der Waals surface area (Å²) < 4.78 is 38.5. The molecular formula is C18H12F2O7. The van der Waals surface area contributed by atoms with Crippen molar-refractivity contribution in [2.75, 3.05) is 14.2 Å². The van der Waals surface area contributed by atoms with Crippen molar-refractivity contribution in [1.29, 1.82) is 0 Å². The lowest BCUT2D eigenvalue weighted by Gasteiger charge is -2.05. The highest BCUT2D eigenvalue weighted by atomic mass is 19.1. The van der Waals surface area contributed by atoms with Crippen molar-refractivity contribution in [3.63, 3.8) is 0 Å². The molecule has 0 aromatic heterocycles. The van der Waals surface area contributed by atoms with Gasteiger partial charge in [-0.1, -0.05) is 0 Å². The van der Waals surface area contributed by atoms with E-state index in [9.17, 15) is 28.0 Å². The standard InChI is InChI=1S/C10H9FO4.C8H3FO3/c1-14-9(12)7-4-3-6(11)5-8(7)10(13)15-2;9-4-1-2-5-6(3-4)8(11)12-7(5)10/h3-5H,1-2H3;1-3H. The van der Waals surface area contributed by atoms with E-state index in [1.54, 1.807) is 0 Å². The monoisotopic (exact) mass is 378 g/mol. The molecule has 7 nitrogen and oxygen atoms in total. The van der Waals surface area contributed by atoms with Gasteiger partial charge >= 0.3 is 23.9 Å². The quantitative estimate of drug-likeness (QED) is 0.450. The van der Waals surface area contributed by atoms with E-state index in [0.717, 1.165) is 31.4 Å². The van der Waals surface area contributed by atoms with Gasteiger partial charge in [-0.25, -0.2) is 28.0 Å². The highest BCUT2D eigenvalue weighted by molar-refractivity contribution is 6.14. The summed E-state index contributed by atoms with van der Waals surface area (Å²) in [5.74, 6) is -4.17. The molecule has 1 aliphatic heterocycles. The van der Waals surface area contributed by atoms with E-state index in [1.165, 1.54) is 19.2 Å². The number of fused-ring (bicyclic) bond motifs is 1. The molecule has 2 aromatic carbocycles. The SMILES string of the molecule is COC(=O)c1ccc(F)cc1C(=O)OC.O=C1OC(=O)c2cc(F)ccc21. The number of methoxy groups -OCH3 is 2. The van der Waals surface area contributed by atoms with Crippen molar-refractivity contribution >= 4 is 23.9 Å². The van der Waals surface area contributed by atoms with E-state index in [0.29, 0.717) is 0 Å². The van der Waals surface area contributed by atoms with Crippen LogP contribution in [0.25, 0.3) is 0 Å². The second-order valence-corrected chi connectivity index (χ2v) is 5.04. The summed E-state index contributed by atoms with van der Waals surface area (Å²) in [5.41, 5.74) is -0.0449. The highest BCUT2D eigenvalue weighted by Crippen LogP contribution is 2.20. The molecule has 0 unspecified atom stereocenters. The van der Waals surface area contributed by atoms with Crippen LogP contribution < -0.4 is 0 Å². The third kappa shape index (κ3) is 4.32. The van der Waals surface area contributed by atoms with Crippen LogP contribution in [-0.4, -0.2) is 38.1 Å². The molecule has 0 fully saturated rings. The molecule has 0 atom stereocenters. The molecule has 1 aliphatic rings. The Morgan fingerprint density at radius 3 is 1.93 bits per heavy atom. The molecule has 9 heteroatoms. The molecule has 0 saturated heterocycles. The minimum atomic E-state index is -0.783. The van der Waals surface area contributed by atoms with E-state index < -0.39 is 35.5 Å². The smallest absolute Gasteiger partial charge is 0.347 e. The molecule has 0 aliphatic carbocycles. The van der Waals surface area contributed by atoms with Crippen LogP contribution in [0.5, 0.6) is 0 Å². The molecule has 0 bridgehead atoms. The summed E-state index contributed by atoms with van der Waals surface area (Å²) in [7, 11) is 2.32. The first-order valence-corrected chi connectivity index (χ1v) is 7.30. The van der Waals surface area contributed by atoms with Gasteiger partial charge in [-0.05, 0) is 36.4 Å². The summed E-state index contributed by atoms with van der Waals surface area (Å²) in [6.45, 7) is 0. The zero-order chi connectivity index (χ0) is 20.1. The maximum Gasteiger partial charge on any atom is 0.347 e. The first kappa shape index (κ1) is 19.7. The number of hydrogen-bond acceptors (Lipinski definition) is 7. The lowest BCUT2D eigenvalue weighted by Crippen LogP contribution is -2.12. The van der Waals surface area contributed by atoms with E-state index >= 15 is 0 Å². The predicted octanol–water partition coefficient (Wildman–Crippen LogP) is 2.54. The van der Waals surface area contributed by atoms with Gasteiger partial charge in [0, 0.05) is 0 Å². The van der Waals surface area contributed by atoms with E-state index in [4.69, 9.17) is 0 Å². The van der Waals surface area contributed by atoms with Crippen molar-refractivity contribution < 1.29 is 42.2 Å². The fourth-order valence-electron chi connectivity index (χ4n) is 2.14. The number of hydrogen-bond donors (Lipinski definition) is 0. The van der Waals surface area contributed by atoms with Crippen LogP contribution in [0.15, 0.2) is 36.4 Å². The van der Waals surface area contributed by atoms with Crippen molar-refractivity contribution in [1.82, 2.24) is 0 Å². The fourth-order valence-corrected chi connectivity index (χ4v) is 2.14. The van der Waals surface area contributed by atoms with Gasteiger partial charge in [0.2, 0.25) is 0 Å². The van der Waals surface area contributed by atoms with Gasteiger partial charge in [-0.15, -0.1) is 0 Å². The third-order valence-corrected chi connectivity index (χ3v) is 3.40. The van der Waals surface area contributed by atoms with Gasteiger partial charge in [-0.3, -0.25) is 0 Å². The summed E-state index contributed by atoms with van der Waals surface area (Å²) in [4.78, 5) is 44.1. The van der Waals surface area contributed by atoms with Crippen molar-refractivity contribution in [3.8, 4) is 0 Å². The van der Waals surface area contributed by atoms with Gasteiger partial charge in [0.1, 0.15) is 11.6 Å². The Bertz CT molecular complexity index is 937. The Kier molecular flexibility index (Phi) is 5.96. The number of cyclic esters (lactones) is 2. The molecule has 0 radical (unpaired) electrons. The number of esters is 4. The van der Waals surface area contributed by atoms with E-state index in [2.05, 4.69) is 14.2 Å². The molecule has 27 heavy (non-hydrogen) atoms. The first-order chi connectivity index (χ1) is 12.8. The summed E-state index contributed by atoms with van der Waals surface area (Å²) >= 11 is 0. The van der Waals surface area contributed by atoms with Crippen LogP contribution in [0.3, 0.4) is 0 Å². The lowest BCUT2D eigenvalue weighted by atomic mass is 10.1. The zero-order valence-electron chi connectivity index (χ0n) is 14.1. The maximum absolute atomic E-state index is 12.9. The topological polar surface area (TPSA) is 96.0 Å². The van der Waals surface area contributed by atoms with Crippen LogP contribution in [0, 0.1) is 11.6 Å². The molecule has 2 aromatic rings. The molecule has 0 N–H and O–H groups in total. The number of rotatable bonds is 2. The minimum Gasteiger partial charge on any atom is -0.465 e. The zero-order valence-corrected chi connectivity index (χ0v) is 14.1. The first-order valence-electron chi connectivity index (χ1n) is 7.30. The Hall–Kier alpha value is -3.62.